The van der Waals surface area contributed by atoms with Crippen molar-refractivity contribution in [3.63, 3.8) is 0 Å². The van der Waals surface area contributed by atoms with Crippen molar-refractivity contribution in [2.24, 2.45) is 0 Å². The third kappa shape index (κ3) is 4.27. The fourth-order valence-corrected chi connectivity index (χ4v) is 4.35. The van der Waals surface area contributed by atoms with Gasteiger partial charge in [-0.3, -0.25) is 9.97 Å². The number of pyridine rings is 3. The lowest BCUT2D eigenvalue weighted by Gasteiger charge is -2.06. The summed E-state index contributed by atoms with van der Waals surface area (Å²) in [6.45, 7) is 3.43. The largest absolute Gasteiger partial charge is 0.340 e. The van der Waals surface area contributed by atoms with Crippen LogP contribution in [0.15, 0.2) is 79.4 Å². The Morgan fingerprint density at radius 2 is 1.89 bits per heavy atom. The molecular formula is C27H24N8. The zero-order valence-electron chi connectivity index (χ0n) is 19.3. The molecule has 35 heavy (non-hydrogen) atoms. The second-order valence-electron chi connectivity index (χ2n) is 8.47. The first-order chi connectivity index (χ1) is 17.2. The molecule has 0 saturated carbocycles. The maximum absolute atomic E-state index is 4.92. The molecule has 6 rings (SSSR count). The first-order valence-electron chi connectivity index (χ1n) is 11.6. The quantitative estimate of drug-likeness (QED) is 0.344. The second-order valence-corrected chi connectivity index (χ2v) is 8.47. The molecule has 1 aromatic carbocycles. The number of aromatic amines is 1. The summed E-state index contributed by atoms with van der Waals surface area (Å²) in [5.41, 5.74) is 7.62. The SMILES string of the molecule is Cc1cccc(-c2nc(CNCCc3cccc4ncccc34)[nH]c2-c2ccc3ncnn3c2)n1. The number of H-pyrrole nitrogens is 1. The average molecular weight is 461 g/mol. The first kappa shape index (κ1) is 21.1. The van der Waals surface area contributed by atoms with E-state index in [2.05, 4.69) is 43.6 Å². The molecule has 0 radical (unpaired) electrons. The van der Waals surface area contributed by atoms with E-state index in [-0.39, 0.29) is 0 Å². The Kier molecular flexibility index (Phi) is 5.48. The fraction of sp³-hybridized carbons (Fsp3) is 0.148. The number of fused-ring (bicyclic) bond motifs is 2. The van der Waals surface area contributed by atoms with Gasteiger partial charge in [0.2, 0.25) is 0 Å². The first-order valence-corrected chi connectivity index (χ1v) is 11.6. The Hall–Kier alpha value is -4.43. The van der Waals surface area contributed by atoms with Crippen molar-refractivity contribution in [1.82, 2.24) is 39.9 Å². The molecule has 0 spiro atoms. The molecule has 0 amide bonds. The summed E-state index contributed by atoms with van der Waals surface area (Å²) in [6.07, 6.45) is 6.25. The standard InChI is InChI=1S/C27H24N8/c1-18-5-2-9-23(32-18)27-26(20-10-11-25-30-17-31-35(25)16-20)33-24(34-27)15-28-14-12-19-6-3-8-22-21(19)7-4-13-29-22/h2-11,13,16-17,28H,12,14-15H2,1H3,(H,33,34). The van der Waals surface area contributed by atoms with Crippen LogP contribution >= 0.6 is 0 Å². The Balaban J connectivity index is 1.25. The number of aryl methyl sites for hydroxylation is 1. The van der Waals surface area contributed by atoms with Crippen molar-refractivity contribution in [2.75, 3.05) is 6.54 Å². The molecule has 0 saturated heterocycles. The predicted molar refractivity (Wildman–Crippen MR) is 136 cm³/mol. The highest BCUT2D eigenvalue weighted by Crippen LogP contribution is 2.29. The lowest BCUT2D eigenvalue weighted by Crippen LogP contribution is -2.17. The zero-order valence-corrected chi connectivity index (χ0v) is 19.3. The summed E-state index contributed by atoms with van der Waals surface area (Å²) in [6, 6.07) is 20.4. The maximum Gasteiger partial charge on any atom is 0.155 e. The van der Waals surface area contributed by atoms with Crippen LogP contribution < -0.4 is 5.32 Å². The average Bonchev–Trinajstić information content (AvgIpc) is 3.53. The summed E-state index contributed by atoms with van der Waals surface area (Å²) in [5, 5.41) is 9.01. The van der Waals surface area contributed by atoms with E-state index in [0.717, 1.165) is 58.3 Å². The van der Waals surface area contributed by atoms with Crippen molar-refractivity contribution >= 4 is 16.6 Å². The van der Waals surface area contributed by atoms with Crippen molar-refractivity contribution in [1.29, 1.82) is 0 Å². The highest BCUT2D eigenvalue weighted by atomic mass is 15.3. The minimum atomic E-state index is 0.618. The van der Waals surface area contributed by atoms with Gasteiger partial charge in [0.25, 0.3) is 0 Å². The molecule has 172 valence electrons. The molecule has 5 aromatic heterocycles. The molecule has 0 unspecified atom stereocenters. The number of hydrogen-bond acceptors (Lipinski definition) is 6. The smallest absolute Gasteiger partial charge is 0.155 e. The molecule has 0 aliphatic rings. The van der Waals surface area contributed by atoms with Gasteiger partial charge in [-0.15, -0.1) is 0 Å². The number of imidazole rings is 1. The Labute approximate surface area is 202 Å². The molecule has 6 aromatic rings. The summed E-state index contributed by atoms with van der Waals surface area (Å²) in [5.74, 6) is 0.858. The lowest BCUT2D eigenvalue weighted by atomic mass is 10.1. The van der Waals surface area contributed by atoms with Gasteiger partial charge in [0.15, 0.2) is 5.65 Å². The van der Waals surface area contributed by atoms with E-state index < -0.39 is 0 Å². The van der Waals surface area contributed by atoms with E-state index in [4.69, 9.17) is 9.97 Å². The van der Waals surface area contributed by atoms with Crippen molar-refractivity contribution < 1.29 is 0 Å². The van der Waals surface area contributed by atoms with Crippen molar-refractivity contribution in [3.8, 4) is 22.6 Å². The van der Waals surface area contributed by atoms with Crippen molar-refractivity contribution in [2.45, 2.75) is 19.9 Å². The third-order valence-corrected chi connectivity index (χ3v) is 6.05. The van der Waals surface area contributed by atoms with Crippen LogP contribution in [0.5, 0.6) is 0 Å². The molecule has 0 fully saturated rings. The Morgan fingerprint density at radius 3 is 2.83 bits per heavy atom. The molecule has 8 heteroatoms. The van der Waals surface area contributed by atoms with Gasteiger partial charge in [0.1, 0.15) is 17.8 Å². The van der Waals surface area contributed by atoms with E-state index in [1.165, 1.54) is 10.9 Å². The number of aromatic nitrogens is 7. The van der Waals surface area contributed by atoms with Crippen LogP contribution in [0.3, 0.4) is 0 Å². The molecular weight excluding hydrogens is 436 g/mol. The summed E-state index contributed by atoms with van der Waals surface area (Å²) < 4.78 is 1.76. The van der Waals surface area contributed by atoms with Crippen LogP contribution in [0.1, 0.15) is 17.1 Å². The number of nitrogens with zero attached hydrogens (tertiary/aromatic N) is 6. The van der Waals surface area contributed by atoms with Crippen LogP contribution in [0.25, 0.3) is 39.2 Å². The van der Waals surface area contributed by atoms with Gasteiger partial charge >= 0.3 is 0 Å². The normalized spacial score (nSPS) is 11.5. The van der Waals surface area contributed by atoms with Crippen molar-refractivity contribution in [3.05, 3.63) is 96.5 Å². The topological polar surface area (TPSA) is 96.7 Å². The highest BCUT2D eigenvalue weighted by Gasteiger charge is 2.16. The third-order valence-electron chi connectivity index (χ3n) is 6.05. The van der Waals surface area contributed by atoms with Gasteiger partial charge < -0.3 is 10.3 Å². The zero-order chi connectivity index (χ0) is 23.6. The number of hydrogen-bond donors (Lipinski definition) is 2. The van der Waals surface area contributed by atoms with Gasteiger partial charge in [0, 0.05) is 29.0 Å². The summed E-state index contributed by atoms with van der Waals surface area (Å²) in [4.78, 5) is 21.9. The Bertz CT molecular complexity index is 1630. The van der Waals surface area contributed by atoms with Crippen LogP contribution in [0, 0.1) is 6.92 Å². The van der Waals surface area contributed by atoms with E-state index in [9.17, 15) is 0 Å². The highest BCUT2D eigenvalue weighted by molar-refractivity contribution is 5.82. The van der Waals surface area contributed by atoms with Crippen LogP contribution in [-0.4, -0.2) is 41.1 Å². The van der Waals surface area contributed by atoms with Gasteiger partial charge in [-0.05, 0) is 61.9 Å². The van der Waals surface area contributed by atoms with Crippen LogP contribution in [0.4, 0.5) is 0 Å². The minimum absolute atomic E-state index is 0.618. The number of benzene rings is 1. The molecule has 8 nitrogen and oxygen atoms in total. The van der Waals surface area contributed by atoms with Gasteiger partial charge in [-0.2, -0.15) is 5.10 Å². The molecule has 0 aliphatic carbocycles. The predicted octanol–water partition coefficient (Wildman–Crippen LogP) is 4.37. The molecule has 0 bridgehead atoms. The summed E-state index contributed by atoms with van der Waals surface area (Å²) >= 11 is 0. The van der Waals surface area contributed by atoms with Gasteiger partial charge in [-0.25, -0.2) is 14.5 Å². The lowest BCUT2D eigenvalue weighted by molar-refractivity contribution is 0.666. The molecule has 0 aliphatic heterocycles. The van der Waals surface area contributed by atoms with E-state index in [0.29, 0.717) is 6.54 Å². The molecule has 2 N–H and O–H groups in total. The van der Waals surface area contributed by atoms with E-state index in [1.807, 2.05) is 61.8 Å². The number of rotatable bonds is 7. The Morgan fingerprint density at radius 1 is 0.943 bits per heavy atom. The van der Waals surface area contributed by atoms with Crippen LogP contribution in [0.2, 0.25) is 0 Å². The molecule has 5 heterocycles. The minimum Gasteiger partial charge on any atom is -0.340 e. The van der Waals surface area contributed by atoms with Gasteiger partial charge in [-0.1, -0.05) is 24.3 Å². The fourth-order valence-electron chi connectivity index (χ4n) is 4.35. The van der Waals surface area contributed by atoms with E-state index >= 15 is 0 Å². The maximum atomic E-state index is 4.92. The summed E-state index contributed by atoms with van der Waals surface area (Å²) in [7, 11) is 0. The monoisotopic (exact) mass is 460 g/mol. The number of nitrogens with one attached hydrogen (secondary N) is 2. The molecule has 0 atom stereocenters. The van der Waals surface area contributed by atoms with Crippen LogP contribution in [-0.2, 0) is 13.0 Å². The second kappa shape index (κ2) is 9.08. The van der Waals surface area contributed by atoms with Gasteiger partial charge in [0.05, 0.1) is 23.4 Å². The van der Waals surface area contributed by atoms with E-state index in [1.54, 1.807) is 10.8 Å².